The Hall–Kier alpha value is -1.92. The molecule has 4 nitrogen and oxygen atoms in total. The molecule has 0 radical (unpaired) electrons. The van der Waals surface area contributed by atoms with Crippen LogP contribution in [0, 0.1) is 5.82 Å². The maximum Gasteiger partial charge on any atom is 0.195 e. The largest absolute Gasteiger partial charge is 0.354 e. The van der Waals surface area contributed by atoms with E-state index in [1.807, 2.05) is 42.7 Å². The summed E-state index contributed by atoms with van der Waals surface area (Å²) >= 11 is 1.60. The Bertz CT molecular complexity index is 749. The number of rotatable bonds is 5. The Balaban J connectivity index is 1.93. The van der Waals surface area contributed by atoms with E-state index in [9.17, 15) is 4.39 Å². The van der Waals surface area contributed by atoms with Crippen molar-refractivity contribution in [2.24, 2.45) is 0 Å². The Morgan fingerprint density at radius 2 is 2.19 bits per heavy atom. The van der Waals surface area contributed by atoms with Crippen molar-refractivity contribution in [1.82, 2.24) is 14.7 Å². The first-order chi connectivity index (χ1) is 10.2. The summed E-state index contributed by atoms with van der Waals surface area (Å²) in [7, 11) is 3.85. The van der Waals surface area contributed by atoms with Gasteiger partial charge in [-0.3, -0.25) is 4.40 Å². The van der Waals surface area contributed by atoms with Gasteiger partial charge in [0.1, 0.15) is 5.82 Å². The van der Waals surface area contributed by atoms with Crippen LogP contribution in [0.2, 0.25) is 0 Å². The van der Waals surface area contributed by atoms with Crippen LogP contribution in [0.4, 0.5) is 10.2 Å². The summed E-state index contributed by atoms with van der Waals surface area (Å²) < 4.78 is 15.9. The fourth-order valence-electron chi connectivity index (χ4n) is 2.42. The number of thiazole rings is 1. The summed E-state index contributed by atoms with van der Waals surface area (Å²) in [6.45, 7) is 1.21. The van der Waals surface area contributed by atoms with Gasteiger partial charge in [0.15, 0.2) is 10.8 Å². The molecule has 0 amide bonds. The maximum atomic E-state index is 13.8. The van der Waals surface area contributed by atoms with Gasteiger partial charge in [0.25, 0.3) is 0 Å². The smallest absolute Gasteiger partial charge is 0.195 e. The van der Waals surface area contributed by atoms with Crippen LogP contribution in [0.25, 0.3) is 4.96 Å². The molecule has 1 N–H and O–H groups in total. The summed E-state index contributed by atoms with van der Waals surface area (Å²) in [5, 5.41) is 5.18. The summed E-state index contributed by atoms with van der Waals surface area (Å²) in [6.07, 6.45) is 2.01. The lowest BCUT2D eigenvalue weighted by Crippen LogP contribution is -2.20. The highest BCUT2D eigenvalue weighted by Crippen LogP contribution is 2.25. The first-order valence-electron chi connectivity index (χ1n) is 6.74. The summed E-state index contributed by atoms with van der Waals surface area (Å²) in [5.74, 6) is 0.708. The third-order valence-corrected chi connectivity index (χ3v) is 4.17. The second-order valence-corrected chi connectivity index (χ2v) is 5.79. The molecule has 0 aliphatic rings. The zero-order chi connectivity index (χ0) is 14.8. The van der Waals surface area contributed by atoms with Gasteiger partial charge in [-0.1, -0.05) is 18.2 Å². The van der Waals surface area contributed by atoms with E-state index in [4.69, 9.17) is 0 Å². The van der Waals surface area contributed by atoms with Crippen LogP contribution in [0.15, 0.2) is 35.8 Å². The van der Waals surface area contributed by atoms with Gasteiger partial charge in [0.2, 0.25) is 0 Å². The van der Waals surface area contributed by atoms with Crippen molar-refractivity contribution >= 4 is 22.1 Å². The van der Waals surface area contributed by atoms with E-state index in [-0.39, 0.29) is 5.82 Å². The van der Waals surface area contributed by atoms with Crippen LogP contribution in [-0.2, 0) is 13.1 Å². The SMILES string of the molecule is CNCc1c(N(C)Cc2ccccc2F)nc2sccn12. The highest BCUT2D eigenvalue weighted by atomic mass is 32.1. The summed E-state index contributed by atoms with van der Waals surface area (Å²) in [4.78, 5) is 7.61. The van der Waals surface area contributed by atoms with Crippen molar-refractivity contribution in [1.29, 1.82) is 0 Å². The van der Waals surface area contributed by atoms with Gasteiger partial charge in [0.05, 0.1) is 5.69 Å². The molecule has 0 aliphatic heterocycles. The van der Waals surface area contributed by atoms with E-state index in [2.05, 4.69) is 14.7 Å². The minimum atomic E-state index is -0.180. The first kappa shape index (κ1) is 14.0. The van der Waals surface area contributed by atoms with E-state index in [0.717, 1.165) is 23.0 Å². The van der Waals surface area contributed by atoms with Crippen molar-refractivity contribution < 1.29 is 4.39 Å². The van der Waals surface area contributed by atoms with Gasteiger partial charge in [-0.2, -0.15) is 0 Å². The molecule has 0 unspecified atom stereocenters. The van der Waals surface area contributed by atoms with Gasteiger partial charge >= 0.3 is 0 Å². The highest BCUT2D eigenvalue weighted by Gasteiger charge is 2.17. The minimum Gasteiger partial charge on any atom is -0.354 e. The van der Waals surface area contributed by atoms with E-state index in [1.165, 1.54) is 6.07 Å². The van der Waals surface area contributed by atoms with E-state index in [0.29, 0.717) is 12.1 Å². The lowest BCUT2D eigenvalue weighted by atomic mass is 10.2. The van der Waals surface area contributed by atoms with E-state index < -0.39 is 0 Å². The quantitative estimate of drug-likeness (QED) is 0.787. The fraction of sp³-hybridized carbons (Fsp3) is 0.267. The average molecular weight is 304 g/mol. The Labute approximate surface area is 126 Å². The Kier molecular flexibility index (Phi) is 3.90. The van der Waals surface area contributed by atoms with Crippen LogP contribution < -0.4 is 10.2 Å². The molecular formula is C15H17FN4S. The number of halogens is 1. The van der Waals surface area contributed by atoms with Gasteiger partial charge in [0, 0.05) is 37.3 Å². The molecule has 1 aromatic carbocycles. The second-order valence-electron chi connectivity index (χ2n) is 4.92. The van der Waals surface area contributed by atoms with Crippen LogP contribution >= 0.6 is 11.3 Å². The molecule has 3 aromatic rings. The van der Waals surface area contributed by atoms with Crippen molar-refractivity contribution in [3.63, 3.8) is 0 Å². The fourth-order valence-corrected chi connectivity index (χ4v) is 3.14. The van der Waals surface area contributed by atoms with Crippen molar-refractivity contribution in [2.45, 2.75) is 13.1 Å². The number of hydrogen-bond acceptors (Lipinski definition) is 4. The van der Waals surface area contributed by atoms with Crippen LogP contribution in [0.1, 0.15) is 11.3 Å². The zero-order valence-electron chi connectivity index (χ0n) is 12.0. The van der Waals surface area contributed by atoms with Crippen LogP contribution in [-0.4, -0.2) is 23.5 Å². The Morgan fingerprint density at radius 1 is 1.38 bits per heavy atom. The second kappa shape index (κ2) is 5.83. The monoisotopic (exact) mass is 304 g/mol. The lowest BCUT2D eigenvalue weighted by Gasteiger charge is -2.19. The number of fused-ring (bicyclic) bond motifs is 1. The number of nitrogens with one attached hydrogen (secondary N) is 1. The normalized spacial score (nSPS) is 11.2. The number of benzene rings is 1. The minimum absolute atomic E-state index is 0.180. The van der Waals surface area contributed by atoms with Crippen LogP contribution in [0.5, 0.6) is 0 Å². The number of nitrogens with zero attached hydrogens (tertiary/aromatic N) is 3. The molecule has 0 spiro atoms. The highest BCUT2D eigenvalue weighted by molar-refractivity contribution is 7.15. The number of anilines is 1. The molecule has 0 aliphatic carbocycles. The average Bonchev–Trinajstić information content (AvgIpc) is 3.04. The molecule has 2 aromatic heterocycles. The topological polar surface area (TPSA) is 32.6 Å². The van der Waals surface area contributed by atoms with E-state index in [1.54, 1.807) is 17.4 Å². The van der Waals surface area contributed by atoms with Gasteiger partial charge in [-0.25, -0.2) is 9.37 Å². The summed E-state index contributed by atoms with van der Waals surface area (Å²) in [6, 6.07) is 6.86. The molecule has 0 bridgehead atoms. The zero-order valence-corrected chi connectivity index (χ0v) is 12.8. The molecule has 21 heavy (non-hydrogen) atoms. The van der Waals surface area contributed by atoms with Crippen molar-refractivity contribution in [3.8, 4) is 0 Å². The summed E-state index contributed by atoms with van der Waals surface area (Å²) in [5.41, 5.74) is 1.76. The van der Waals surface area contributed by atoms with Gasteiger partial charge < -0.3 is 10.2 Å². The standard InChI is InChI=1S/C15H17FN4S/c1-17-9-13-14(18-15-20(13)7-8-21-15)19(2)10-11-5-3-4-6-12(11)16/h3-8,17H,9-10H2,1-2H3. The van der Waals surface area contributed by atoms with Crippen molar-refractivity contribution in [2.75, 3.05) is 19.0 Å². The van der Waals surface area contributed by atoms with Crippen molar-refractivity contribution in [3.05, 3.63) is 52.9 Å². The van der Waals surface area contributed by atoms with E-state index >= 15 is 0 Å². The molecule has 3 rings (SSSR count). The first-order valence-corrected chi connectivity index (χ1v) is 7.62. The third-order valence-electron chi connectivity index (χ3n) is 3.41. The van der Waals surface area contributed by atoms with Gasteiger partial charge in [-0.15, -0.1) is 11.3 Å². The molecular weight excluding hydrogens is 287 g/mol. The number of aromatic nitrogens is 2. The molecule has 0 saturated carbocycles. The third kappa shape index (κ3) is 2.64. The molecule has 0 fully saturated rings. The predicted molar refractivity (Wildman–Crippen MR) is 84.3 cm³/mol. The number of imidazole rings is 1. The van der Waals surface area contributed by atoms with Gasteiger partial charge in [-0.05, 0) is 13.1 Å². The number of hydrogen-bond donors (Lipinski definition) is 1. The molecule has 110 valence electrons. The predicted octanol–water partition coefficient (Wildman–Crippen LogP) is 2.89. The maximum absolute atomic E-state index is 13.8. The molecule has 2 heterocycles. The lowest BCUT2D eigenvalue weighted by molar-refractivity contribution is 0.607. The Morgan fingerprint density at radius 3 is 2.95 bits per heavy atom. The molecule has 0 atom stereocenters. The van der Waals surface area contributed by atoms with Crippen LogP contribution in [0.3, 0.4) is 0 Å². The molecule has 0 saturated heterocycles. The molecule has 6 heteroatoms.